The van der Waals surface area contributed by atoms with Gasteiger partial charge in [0.05, 0.1) is 42.6 Å². The number of rotatable bonds is 8. The molecule has 41 heavy (non-hydrogen) atoms. The lowest BCUT2D eigenvalue weighted by atomic mass is 9.83. The number of likely N-dealkylation sites (N-methyl/N-ethyl adjacent to an activating group) is 1. The largest absolute Gasteiger partial charge is 0.496 e. The molecule has 1 unspecified atom stereocenters. The number of carbonyl (C=O) groups is 3. The van der Waals surface area contributed by atoms with Crippen LogP contribution in [0.25, 0.3) is 10.8 Å². The van der Waals surface area contributed by atoms with Crippen molar-refractivity contribution >= 4 is 49.7 Å². The van der Waals surface area contributed by atoms with E-state index < -0.39 is 44.8 Å². The molecule has 0 radical (unpaired) electrons. The predicted molar refractivity (Wildman–Crippen MR) is 155 cm³/mol. The van der Waals surface area contributed by atoms with Crippen molar-refractivity contribution in [3.05, 3.63) is 65.7 Å². The molecule has 0 aliphatic carbocycles. The molecule has 12 heteroatoms. The Morgan fingerprint density at radius 1 is 1.17 bits per heavy atom. The number of carbonyl (C=O) groups excluding carboxylic acids is 3. The lowest BCUT2D eigenvalue weighted by Crippen LogP contribution is -2.63. The molecule has 1 aliphatic heterocycles. The Kier molecular flexibility index (Phi) is 8.05. The van der Waals surface area contributed by atoms with Gasteiger partial charge in [-0.1, -0.05) is 30.3 Å². The number of ether oxygens (including phenoxy) is 1. The van der Waals surface area contributed by atoms with Crippen molar-refractivity contribution in [3.8, 4) is 11.8 Å². The van der Waals surface area contributed by atoms with Crippen molar-refractivity contribution < 1.29 is 27.5 Å². The Morgan fingerprint density at radius 2 is 1.88 bits per heavy atom. The molecule has 4 rings (SSSR count). The zero-order valence-electron chi connectivity index (χ0n) is 23.2. The van der Waals surface area contributed by atoms with E-state index >= 15 is 0 Å². The van der Waals surface area contributed by atoms with Gasteiger partial charge in [-0.05, 0) is 49.0 Å². The van der Waals surface area contributed by atoms with Crippen molar-refractivity contribution in [1.29, 1.82) is 5.26 Å². The highest BCUT2D eigenvalue weighted by atomic mass is 32.2. The standard InChI is InChI=1S/C29H31N5O6S/c1-29(32-2,28(31)37)22-16-33(26(35)17-41(4,38)39)24-13-18(14-30)9-11-23(24)34(27(22)36)15-21-20-8-6-5-7-19(20)10-12-25(21)40-3/h5-13,22,32H,15-17H2,1-4H3,(H2,31,37)/t22-,29?/m1/s1. The molecule has 0 fully saturated rings. The molecule has 0 aromatic heterocycles. The highest BCUT2D eigenvalue weighted by Crippen LogP contribution is 2.40. The van der Waals surface area contributed by atoms with Gasteiger partial charge in [-0.25, -0.2) is 8.42 Å². The van der Waals surface area contributed by atoms with E-state index in [1.807, 2.05) is 36.4 Å². The van der Waals surface area contributed by atoms with E-state index in [4.69, 9.17) is 10.5 Å². The van der Waals surface area contributed by atoms with E-state index in [-0.39, 0.29) is 30.0 Å². The van der Waals surface area contributed by atoms with Crippen LogP contribution in [0.3, 0.4) is 0 Å². The minimum Gasteiger partial charge on any atom is -0.496 e. The number of nitrogens with two attached hydrogens (primary N) is 1. The third-order valence-electron chi connectivity index (χ3n) is 7.56. The van der Waals surface area contributed by atoms with Crippen LogP contribution < -0.4 is 25.6 Å². The number of anilines is 2. The highest BCUT2D eigenvalue weighted by Gasteiger charge is 2.49. The molecule has 0 spiro atoms. The Bertz CT molecular complexity index is 1700. The Hall–Kier alpha value is -4.47. The first-order valence-corrected chi connectivity index (χ1v) is 14.8. The molecule has 214 valence electrons. The topological polar surface area (TPSA) is 163 Å². The van der Waals surface area contributed by atoms with Gasteiger partial charge in [0.2, 0.25) is 17.7 Å². The van der Waals surface area contributed by atoms with E-state index in [0.29, 0.717) is 11.3 Å². The van der Waals surface area contributed by atoms with Crippen molar-refractivity contribution in [2.45, 2.75) is 19.0 Å². The van der Waals surface area contributed by atoms with E-state index in [0.717, 1.165) is 21.9 Å². The molecule has 0 saturated carbocycles. The predicted octanol–water partition coefficient (Wildman–Crippen LogP) is 1.72. The summed E-state index contributed by atoms with van der Waals surface area (Å²) in [6.07, 6.45) is 0.929. The van der Waals surface area contributed by atoms with Crippen LogP contribution in [0.1, 0.15) is 18.1 Å². The Balaban J connectivity index is 2.01. The first kappa shape index (κ1) is 29.5. The van der Waals surface area contributed by atoms with Crippen molar-refractivity contribution in [3.63, 3.8) is 0 Å². The second kappa shape index (κ2) is 11.2. The van der Waals surface area contributed by atoms with Gasteiger partial charge in [0.1, 0.15) is 17.0 Å². The van der Waals surface area contributed by atoms with Gasteiger partial charge < -0.3 is 25.6 Å². The van der Waals surface area contributed by atoms with Crippen LogP contribution in [0.5, 0.6) is 5.75 Å². The smallest absolute Gasteiger partial charge is 0.242 e. The molecule has 3 amide bonds. The van der Waals surface area contributed by atoms with E-state index in [1.54, 1.807) is 6.07 Å². The number of amides is 3. The van der Waals surface area contributed by atoms with Gasteiger partial charge in [-0.3, -0.25) is 14.4 Å². The molecular weight excluding hydrogens is 546 g/mol. The number of nitrogens with zero attached hydrogens (tertiary/aromatic N) is 3. The SMILES string of the molecule is CNC(C)(C(N)=O)[C@@H]1CN(C(=O)CS(C)(=O)=O)c2cc(C#N)ccc2N(Cc2c(OC)ccc3ccccc23)C1=O. The molecule has 2 atom stereocenters. The molecule has 3 aromatic carbocycles. The number of primary amides is 1. The van der Waals surface area contributed by atoms with Gasteiger partial charge >= 0.3 is 0 Å². The quantitative estimate of drug-likeness (QED) is 0.409. The molecular formula is C29H31N5O6S. The number of benzene rings is 3. The number of hydrogen-bond acceptors (Lipinski definition) is 8. The van der Waals surface area contributed by atoms with Crippen molar-refractivity contribution in [2.24, 2.45) is 11.7 Å². The minimum absolute atomic E-state index is 0.0224. The average molecular weight is 578 g/mol. The fourth-order valence-corrected chi connectivity index (χ4v) is 5.74. The third kappa shape index (κ3) is 5.59. The van der Waals surface area contributed by atoms with E-state index in [2.05, 4.69) is 5.32 Å². The van der Waals surface area contributed by atoms with Gasteiger partial charge in [0.15, 0.2) is 9.84 Å². The maximum Gasteiger partial charge on any atom is 0.242 e. The maximum absolute atomic E-state index is 14.5. The normalized spacial score (nSPS) is 16.9. The first-order chi connectivity index (χ1) is 19.3. The third-order valence-corrected chi connectivity index (χ3v) is 8.34. The van der Waals surface area contributed by atoms with Crippen LogP contribution in [0.4, 0.5) is 11.4 Å². The number of nitrogens with one attached hydrogen (secondary N) is 1. The average Bonchev–Trinajstić information content (AvgIpc) is 3.05. The second-order valence-corrected chi connectivity index (χ2v) is 12.3. The van der Waals surface area contributed by atoms with Gasteiger partial charge in [-0.15, -0.1) is 0 Å². The van der Waals surface area contributed by atoms with Gasteiger partial charge in [-0.2, -0.15) is 5.26 Å². The molecule has 3 N–H and O–H groups in total. The number of fused-ring (bicyclic) bond motifs is 2. The summed E-state index contributed by atoms with van der Waals surface area (Å²) in [4.78, 5) is 43.3. The van der Waals surface area contributed by atoms with Crippen LogP contribution >= 0.6 is 0 Å². The van der Waals surface area contributed by atoms with E-state index in [1.165, 1.54) is 44.2 Å². The Morgan fingerprint density at radius 3 is 2.49 bits per heavy atom. The number of hydrogen-bond donors (Lipinski definition) is 2. The zero-order valence-corrected chi connectivity index (χ0v) is 24.0. The summed E-state index contributed by atoms with van der Waals surface area (Å²) >= 11 is 0. The summed E-state index contributed by atoms with van der Waals surface area (Å²) < 4.78 is 29.9. The van der Waals surface area contributed by atoms with Crippen LogP contribution in [0.15, 0.2) is 54.6 Å². The molecule has 3 aromatic rings. The minimum atomic E-state index is -3.77. The lowest BCUT2D eigenvalue weighted by Gasteiger charge is -2.36. The number of sulfone groups is 1. The molecule has 1 heterocycles. The first-order valence-electron chi connectivity index (χ1n) is 12.7. The van der Waals surface area contributed by atoms with Crippen LogP contribution in [0, 0.1) is 17.2 Å². The van der Waals surface area contributed by atoms with Gasteiger partial charge in [0.25, 0.3) is 0 Å². The molecule has 0 bridgehead atoms. The van der Waals surface area contributed by atoms with Gasteiger partial charge in [0, 0.05) is 18.4 Å². The Labute approximate surface area is 238 Å². The van der Waals surface area contributed by atoms with Crippen LogP contribution in [-0.2, 0) is 30.8 Å². The molecule has 1 aliphatic rings. The summed E-state index contributed by atoms with van der Waals surface area (Å²) in [6.45, 7) is 1.08. The second-order valence-electron chi connectivity index (χ2n) is 10.2. The summed E-state index contributed by atoms with van der Waals surface area (Å²) in [7, 11) is -0.770. The highest BCUT2D eigenvalue weighted by molar-refractivity contribution is 7.91. The van der Waals surface area contributed by atoms with E-state index in [9.17, 15) is 28.1 Å². The van der Waals surface area contributed by atoms with Crippen LogP contribution in [0.2, 0.25) is 0 Å². The van der Waals surface area contributed by atoms with Crippen molar-refractivity contribution in [2.75, 3.05) is 42.5 Å². The fourth-order valence-electron chi connectivity index (χ4n) is 5.13. The lowest BCUT2D eigenvalue weighted by molar-refractivity contribution is -0.133. The number of nitriles is 1. The number of methoxy groups -OCH3 is 1. The van der Waals surface area contributed by atoms with Crippen molar-refractivity contribution in [1.82, 2.24) is 5.32 Å². The molecule has 11 nitrogen and oxygen atoms in total. The molecule has 0 saturated heterocycles. The maximum atomic E-state index is 14.5. The summed E-state index contributed by atoms with van der Waals surface area (Å²) in [5.74, 6) is -3.73. The summed E-state index contributed by atoms with van der Waals surface area (Å²) in [5, 5.41) is 14.2. The summed E-state index contributed by atoms with van der Waals surface area (Å²) in [5.41, 5.74) is 5.45. The summed E-state index contributed by atoms with van der Waals surface area (Å²) in [6, 6.07) is 17.8. The van der Waals surface area contributed by atoms with Crippen LogP contribution in [-0.4, -0.2) is 64.4 Å². The zero-order chi connectivity index (χ0) is 30.1. The monoisotopic (exact) mass is 577 g/mol. The fraction of sp³-hybridized carbons (Fsp3) is 0.310.